The van der Waals surface area contributed by atoms with Crippen LogP contribution in [-0.2, 0) is 0 Å². The fourth-order valence-electron chi connectivity index (χ4n) is 1.12. The van der Waals surface area contributed by atoms with Crippen LogP contribution in [0.2, 0.25) is 0 Å². The minimum absolute atomic E-state index is 0. The van der Waals surface area contributed by atoms with Gasteiger partial charge in [-0.2, -0.15) is 0 Å². The summed E-state index contributed by atoms with van der Waals surface area (Å²) in [7, 11) is 0. The molecular formula is C10H28Cl3N3. The van der Waals surface area contributed by atoms with Gasteiger partial charge in [-0.3, -0.25) is 0 Å². The first kappa shape index (κ1) is 25.6. The number of halogens is 3. The van der Waals surface area contributed by atoms with Gasteiger partial charge in [0.05, 0.1) is 0 Å². The first-order chi connectivity index (χ1) is 6.41. The van der Waals surface area contributed by atoms with Crippen molar-refractivity contribution in [2.45, 2.75) is 32.6 Å². The number of hydrogen-bond donors (Lipinski definition) is 3. The molecule has 0 fully saturated rings. The Kier molecular flexibility index (Phi) is 39.6. The second kappa shape index (κ2) is 24.8. The van der Waals surface area contributed by atoms with Gasteiger partial charge < -0.3 is 16.4 Å². The van der Waals surface area contributed by atoms with E-state index in [1.165, 1.54) is 25.8 Å². The molecule has 0 saturated heterocycles. The topological polar surface area (TPSA) is 50.1 Å². The molecule has 0 aliphatic rings. The maximum Gasteiger partial charge on any atom is -0.00368 e. The summed E-state index contributed by atoms with van der Waals surface area (Å²) >= 11 is 0. The number of hydrogen-bond acceptors (Lipinski definition) is 3. The Labute approximate surface area is 119 Å². The standard InChI is InChI=1S/C10H25N3.3ClH/c1-2-3-7-12-9-5-10-13-8-4-6-11;;;/h12-13H,2-11H2,1H3;3*1H. The Morgan fingerprint density at radius 1 is 0.750 bits per heavy atom. The Morgan fingerprint density at radius 2 is 1.19 bits per heavy atom. The van der Waals surface area contributed by atoms with Crippen LogP contribution in [0.15, 0.2) is 0 Å². The van der Waals surface area contributed by atoms with Crippen LogP contribution in [0.3, 0.4) is 0 Å². The van der Waals surface area contributed by atoms with E-state index in [2.05, 4.69) is 17.6 Å². The molecule has 0 amide bonds. The van der Waals surface area contributed by atoms with E-state index < -0.39 is 0 Å². The molecule has 0 aromatic carbocycles. The lowest BCUT2D eigenvalue weighted by atomic mass is 10.3. The zero-order valence-corrected chi connectivity index (χ0v) is 12.6. The Morgan fingerprint density at radius 3 is 1.62 bits per heavy atom. The van der Waals surface area contributed by atoms with Gasteiger partial charge >= 0.3 is 0 Å². The van der Waals surface area contributed by atoms with Crippen molar-refractivity contribution >= 4 is 37.2 Å². The summed E-state index contributed by atoms with van der Waals surface area (Å²) in [6, 6.07) is 0. The molecule has 0 aliphatic carbocycles. The van der Waals surface area contributed by atoms with Crippen molar-refractivity contribution in [3.05, 3.63) is 0 Å². The summed E-state index contributed by atoms with van der Waals surface area (Å²) in [6.45, 7) is 7.48. The van der Waals surface area contributed by atoms with Gasteiger partial charge in [0.2, 0.25) is 0 Å². The van der Waals surface area contributed by atoms with E-state index in [1.54, 1.807) is 0 Å². The van der Waals surface area contributed by atoms with Crippen LogP contribution in [0.4, 0.5) is 0 Å². The summed E-state index contributed by atoms with van der Waals surface area (Å²) in [5.41, 5.74) is 5.37. The fraction of sp³-hybridized carbons (Fsp3) is 1.00. The number of rotatable bonds is 10. The highest BCUT2D eigenvalue weighted by Gasteiger charge is 1.88. The van der Waals surface area contributed by atoms with Crippen LogP contribution in [-0.4, -0.2) is 32.7 Å². The van der Waals surface area contributed by atoms with Gasteiger partial charge in [-0.15, -0.1) is 37.2 Å². The summed E-state index contributed by atoms with van der Waals surface area (Å²) in [6.07, 6.45) is 4.87. The van der Waals surface area contributed by atoms with Crippen molar-refractivity contribution in [3.8, 4) is 0 Å². The fourth-order valence-corrected chi connectivity index (χ4v) is 1.12. The SMILES string of the molecule is CCCCNCCCNCCCN.Cl.Cl.Cl. The van der Waals surface area contributed by atoms with Crippen molar-refractivity contribution in [1.29, 1.82) is 0 Å². The van der Waals surface area contributed by atoms with E-state index in [1.807, 2.05) is 0 Å². The highest BCUT2D eigenvalue weighted by Crippen LogP contribution is 1.82. The molecule has 0 spiro atoms. The van der Waals surface area contributed by atoms with Crippen LogP contribution in [0.25, 0.3) is 0 Å². The summed E-state index contributed by atoms with van der Waals surface area (Å²) in [5.74, 6) is 0. The molecule has 4 N–H and O–H groups in total. The first-order valence-electron chi connectivity index (χ1n) is 5.53. The third kappa shape index (κ3) is 24.1. The molecule has 16 heavy (non-hydrogen) atoms. The molecule has 0 radical (unpaired) electrons. The number of nitrogens with one attached hydrogen (secondary N) is 2. The van der Waals surface area contributed by atoms with Gasteiger partial charge in [0, 0.05) is 0 Å². The predicted octanol–water partition coefficient (Wildman–Crippen LogP) is 1.97. The minimum atomic E-state index is 0. The van der Waals surface area contributed by atoms with Crippen molar-refractivity contribution in [2.24, 2.45) is 5.73 Å². The van der Waals surface area contributed by atoms with Crippen LogP contribution >= 0.6 is 37.2 Å². The molecule has 0 saturated carbocycles. The Balaban J connectivity index is -0.000000240. The van der Waals surface area contributed by atoms with E-state index in [0.29, 0.717) is 0 Å². The zero-order valence-electron chi connectivity index (χ0n) is 10.2. The average Bonchev–Trinajstić information content (AvgIpc) is 2.16. The van der Waals surface area contributed by atoms with Crippen LogP contribution in [0, 0.1) is 0 Å². The lowest BCUT2D eigenvalue weighted by Crippen LogP contribution is -2.24. The van der Waals surface area contributed by atoms with Gasteiger partial charge in [-0.25, -0.2) is 0 Å². The van der Waals surface area contributed by atoms with Crippen molar-refractivity contribution in [3.63, 3.8) is 0 Å². The summed E-state index contributed by atoms with van der Waals surface area (Å²) in [4.78, 5) is 0. The molecule has 3 nitrogen and oxygen atoms in total. The van der Waals surface area contributed by atoms with Crippen molar-refractivity contribution in [2.75, 3.05) is 32.7 Å². The lowest BCUT2D eigenvalue weighted by Gasteiger charge is -2.04. The largest absolute Gasteiger partial charge is 0.330 e. The normalized spacial score (nSPS) is 8.62. The van der Waals surface area contributed by atoms with Crippen LogP contribution in [0.5, 0.6) is 0 Å². The van der Waals surface area contributed by atoms with E-state index in [0.717, 1.165) is 32.6 Å². The van der Waals surface area contributed by atoms with E-state index in [4.69, 9.17) is 5.73 Å². The molecule has 6 heteroatoms. The van der Waals surface area contributed by atoms with Crippen LogP contribution < -0.4 is 16.4 Å². The van der Waals surface area contributed by atoms with E-state index in [9.17, 15) is 0 Å². The highest BCUT2D eigenvalue weighted by molar-refractivity contribution is 5.86. The second-order valence-corrected chi connectivity index (χ2v) is 3.35. The number of nitrogens with two attached hydrogens (primary N) is 1. The average molecular weight is 297 g/mol. The van der Waals surface area contributed by atoms with E-state index in [-0.39, 0.29) is 37.2 Å². The molecule has 104 valence electrons. The smallest absolute Gasteiger partial charge is 0.00368 e. The van der Waals surface area contributed by atoms with Gasteiger partial charge in [-0.1, -0.05) is 13.3 Å². The molecule has 0 rings (SSSR count). The van der Waals surface area contributed by atoms with E-state index >= 15 is 0 Å². The molecule has 0 aromatic rings. The second-order valence-electron chi connectivity index (χ2n) is 3.35. The van der Waals surface area contributed by atoms with Gasteiger partial charge in [-0.05, 0) is 52.0 Å². The third-order valence-corrected chi connectivity index (χ3v) is 1.97. The van der Waals surface area contributed by atoms with Gasteiger partial charge in [0.25, 0.3) is 0 Å². The predicted molar refractivity (Wildman–Crippen MR) is 80.7 cm³/mol. The molecule has 0 atom stereocenters. The zero-order chi connectivity index (χ0) is 9.78. The highest BCUT2D eigenvalue weighted by atomic mass is 35.5. The maximum absolute atomic E-state index is 5.37. The van der Waals surface area contributed by atoms with Crippen molar-refractivity contribution < 1.29 is 0 Å². The monoisotopic (exact) mass is 295 g/mol. The minimum Gasteiger partial charge on any atom is -0.330 e. The maximum atomic E-state index is 5.37. The molecule has 0 unspecified atom stereocenters. The summed E-state index contributed by atoms with van der Waals surface area (Å²) in [5, 5.41) is 6.77. The molecule has 0 aliphatic heterocycles. The van der Waals surface area contributed by atoms with Gasteiger partial charge in [0.1, 0.15) is 0 Å². The van der Waals surface area contributed by atoms with Crippen molar-refractivity contribution in [1.82, 2.24) is 10.6 Å². The lowest BCUT2D eigenvalue weighted by molar-refractivity contribution is 0.575. The Bertz CT molecular complexity index is 87.4. The van der Waals surface area contributed by atoms with Crippen LogP contribution in [0.1, 0.15) is 32.6 Å². The Hall–Kier alpha value is 0.750. The molecule has 0 bridgehead atoms. The number of unbranched alkanes of at least 4 members (excludes halogenated alkanes) is 1. The third-order valence-electron chi connectivity index (χ3n) is 1.97. The van der Waals surface area contributed by atoms with Gasteiger partial charge in [0.15, 0.2) is 0 Å². The molecular weight excluding hydrogens is 268 g/mol. The molecule has 0 heterocycles. The first-order valence-corrected chi connectivity index (χ1v) is 5.53. The quantitative estimate of drug-likeness (QED) is 0.540. The summed E-state index contributed by atoms with van der Waals surface area (Å²) < 4.78 is 0. The molecule has 0 aromatic heterocycles.